The molecule has 0 saturated heterocycles. The van der Waals surface area contributed by atoms with Gasteiger partial charge in [0.05, 0.1) is 12.7 Å². The van der Waals surface area contributed by atoms with Gasteiger partial charge in [-0.15, -0.1) is 0 Å². The van der Waals surface area contributed by atoms with Gasteiger partial charge in [0, 0.05) is 5.71 Å². The maximum Gasteiger partial charge on any atom is 0.415 e. The predicted molar refractivity (Wildman–Crippen MR) is 53.2 cm³/mol. The van der Waals surface area contributed by atoms with Crippen molar-refractivity contribution in [2.24, 2.45) is 5.92 Å². The second-order valence-electron chi connectivity index (χ2n) is 3.15. The molecule has 0 heterocycles. The van der Waals surface area contributed by atoms with Crippen LogP contribution in [0, 0.1) is 34.0 Å². The van der Waals surface area contributed by atoms with E-state index in [-0.39, 0.29) is 0 Å². The maximum absolute atomic E-state index is 12.8. The number of alkyl halides is 3. The molecule has 0 saturated carbocycles. The maximum atomic E-state index is 12.8. The summed E-state index contributed by atoms with van der Waals surface area (Å²) in [5.41, 5.74) is -3.60. The average Bonchev–Trinajstić information content (AvgIpc) is 2.26. The van der Waals surface area contributed by atoms with Gasteiger partial charge in [-0.2, -0.15) is 23.7 Å². The number of halogens is 3. The van der Waals surface area contributed by atoms with Crippen LogP contribution in [0.25, 0.3) is 0 Å². The Morgan fingerprint density at radius 2 is 1.78 bits per heavy atom. The van der Waals surface area contributed by atoms with Crippen LogP contribution in [0.1, 0.15) is 6.92 Å². The number of carbonyl (C=O) groups excluding carboxylic acids is 1. The molecule has 0 rings (SSSR count). The first-order valence-corrected chi connectivity index (χ1v) is 4.45. The summed E-state index contributed by atoms with van der Waals surface area (Å²) in [6, 6.07) is 2.13. The lowest BCUT2D eigenvalue weighted by Crippen LogP contribution is -2.33. The number of methoxy groups -OCH3 is 1. The lowest BCUT2D eigenvalue weighted by atomic mass is 9.90. The third-order valence-electron chi connectivity index (χ3n) is 1.96. The zero-order chi connectivity index (χ0) is 14.5. The quantitative estimate of drug-likeness (QED) is 0.474. The number of nitrogens with one attached hydrogen (secondary N) is 1. The Bertz CT molecular complexity index is 464. The van der Waals surface area contributed by atoms with Crippen LogP contribution in [0.4, 0.5) is 13.2 Å². The van der Waals surface area contributed by atoms with Gasteiger partial charge in [0.15, 0.2) is 0 Å². The Kier molecular flexibility index (Phi) is 5.06. The molecule has 18 heavy (non-hydrogen) atoms. The first-order valence-electron chi connectivity index (χ1n) is 4.45. The first kappa shape index (κ1) is 15.7. The number of nitrogens with zero attached hydrogens (tertiary/aromatic N) is 2. The number of rotatable bonds is 3. The zero-order valence-electron chi connectivity index (χ0n) is 9.42. The molecule has 0 spiro atoms. The van der Waals surface area contributed by atoms with Crippen LogP contribution >= 0.6 is 0 Å². The highest BCUT2D eigenvalue weighted by Crippen LogP contribution is 2.35. The summed E-state index contributed by atoms with van der Waals surface area (Å²) in [7, 11) is 0.852. The van der Waals surface area contributed by atoms with Crippen molar-refractivity contribution in [3.8, 4) is 12.1 Å². The monoisotopic (exact) mass is 259 g/mol. The van der Waals surface area contributed by atoms with Crippen LogP contribution in [0.3, 0.4) is 0 Å². The molecule has 0 aliphatic rings. The molecule has 8 heteroatoms. The van der Waals surface area contributed by atoms with E-state index in [4.69, 9.17) is 15.9 Å². The lowest BCUT2D eigenvalue weighted by Gasteiger charge is -2.19. The van der Waals surface area contributed by atoms with Gasteiger partial charge in [0.2, 0.25) is 0 Å². The summed E-state index contributed by atoms with van der Waals surface area (Å²) >= 11 is 0. The fourth-order valence-electron chi connectivity index (χ4n) is 1.22. The summed E-state index contributed by atoms with van der Waals surface area (Å²) in [4.78, 5) is 11.3. The van der Waals surface area contributed by atoms with E-state index < -0.39 is 34.9 Å². The molecular weight excluding hydrogens is 251 g/mol. The second-order valence-corrected chi connectivity index (χ2v) is 3.15. The molecule has 0 fully saturated rings. The lowest BCUT2D eigenvalue weighted by molar-refractivity contribution is -0.146. The third-order valence-corrected chi connectivity index (χ3v) is 1.96. The summed E-state index contributed by atoms with van der Waals surface area (Å²) < 4.78 is 42.5. The molecule has 0 aliphatic heterocycles. The van der Waals surface area contributed by atoms with Crippen molar-refractivity contribution in [3.63, 3.8) is 0 Å². The van der Waals surface area contributed by atoms with Crippen molar-refractivity contribution in [3.05, 3.63) is 11.1 Å². The van der Waals surface area contributed by atoms with Gasteiger partial charge in [0.1, 0.15) is 23.6 Å². The highest BCUT2D eigenvalue weighted by Gasteiger charge is 2.46. The standard InChI is InChI=1S/C10H8F3N3O2/c1-5(16)7(9(17)18-2)8(10(11,12)13)6(3-14)4-15/h7,16H,1-2H3. The van der Waals surface area contributed by atoms with Gasteiger partial charge in [-0.1, -0.05) is 0 Å². The van der Waals surface area contributed by atoms with E-state index in [0.29, 0.717) is 0 Å². The van der Waals surface area contributed by atoms with Gasteiger partial charge in [-0.3, -0.25) is 4.79 Å². The Labute approximate surface area is 101 Å². The van der Waals surface area contributed by atoms with Crippen molar-refractivity contribution in [1.29, 1.82) is 15.9 Å². The molecule has 0 aromatic rings. The van der Waals surface area contributed by atoms with Crippen LogP contribution < -0.4 is 0 Å². The van der Waals surface area contributed by atoms with Crippen LogP contribution in [-0.4, -0.2) is 25.0 Å². The summed E-state index contributed by atoms with van der Waals surface area (Å²) in [6.45, 7) is 0.958. The molecular formula is C10H8F3N3O2. The smallest absolute Gasteiger partial charge is 0.415 e. The normalized spacial score (nSPS) is 11.7. The van der Waals surface area contributed by atoms with Crippen molar-refractivity contribution < 1.29 is 22.7 Å². The first-order chi connectivity index (χ1) is 8.20. The minimum atomic E-state index is -5.08. The van der Waals surface area contributed by atoms with Crippen LogP contribution in [0.2, 0.25) is 0 Å². The molecule has 0 aromatic heterocycles. The number of esters is 1. The molecule has 1 N–H and O–H groups in total. The summed E-state index contributed by atoms with van der Waals surface area (Å²) in [5.74, 6) is -3.46. The fraction of sp³-hybridized carbons (Fsp3) is 0.400. The van der Waals surface area contributed by atoms with E-state index >= 15 is 0 Å². The molecule has 1 unspecified atom stereocenters. The molecule has 5 nitrogen and oxygen atoms in total. The molecule has 0 bridgehead atoms. The summed E-state index contributed by atoms with van der Waals surface area (Å²) in [6.07, 6.45) is -5.08. The minimum absolute atomic E-state index is 0.669. The number of ether oxygens (including phenoxy) is 1. The largest absolute Gasteiger partial charge is 0.468 e. The van der Waals surface area contributed by atoms with Crippen molar-refractivity contribution in [1.82, 2.24) is 0 Å². The topological polar surface area (TPSA) is 97.7 Å². The van der Waals surface area contributed by atoms with E-state index in [1.165, 1.54) is 0 Å². The molecule has 0 radical (unpaired) electrons. The Morgan fingerprint density at radius 1 is 1.33 bits per heavy atom. The van der Waals surface area contributed by atoms with Crippen LogP contribution in [0.5, 0.6) is 0 Å². The molecule has 0 aromatic carbocycles. The Morgan fingerprint density at radius 3 is 2.00 bits per heavy atom. The van der Waals surface area contributed by atoms with Crippen molar-refractivity contribution in [2.75, 3.05) is 7.11 Å². The Balaban J connectivity index is 6.13. The summed E-state index contributed by atoms with van der Waals surface area (Å²) in [5, 5.41) is 24.2. The van der Waals surface area contributed by atoms with E-state index in [1.54, 1.807) is 0 Å². The van der Waals surface area contributed by atoms with Crippen LogP contribution in [0.15, 0.2) is 11.1 Å². The number of hydrogen-bond donors (Lipinski definition) is 1. The van der Waals surface area contributed by atoms with E-state index in [2.05, 4.69) is 4.74 Å². The minimum Gasteiger partial charge on any atom is -0.468 e. The van der Waals surface area contributed by atoms with E-state index in [0.717, 1.165) is 26.2 Å². The van der Waals surface area contributed by atoms with Gasteiger partial charge >= 0.3 is 12.1 Å². The SMILES string of the molecule is COC(=O)C(C(C)=N)C(=C(C#N)C#N)C(F)(F)F. The highest BCUT2D eigenvalue weighted by molar-refractivity contribution is 6.02. The van der Waals surface area contributed by atoms with E-state index in [1.807, 2.05) is 0 Å². The van der Waals surface area contributed by atoms with Gasteiger partial charge < -0.3 is 10.1 Å². The van der Waals surface area contributed by atoms with E-state index in [9.17, 15) is 18.0 Å². The number of nitriles is 2. The van der Waals surface area contributed by atoms with Crippen molar-refractivity contribution >= 4 is 11.7 Å². The third kappa shape index (κ3) is 3.32. The number of hydrogen-bond acceptors (Lipinski definition) is 5. The fourth-order valence-corrected chi connectivity index (χ4v) is 1.22. The van der Waals surface area contributed by atoms with Gasteiger partial charge in [-0.25, -0.2) is 0 Å². The van der Waals surface area contributed by atoms with Gasteiger partial charge in [0.25, 0.3) is 0 Å². The number of carbonyl (C=O) groups is 1. The molecule has 0 amide bonds. The average molecular weight is 259 g/mol. The number of allylic oxidation sites excluding steroid dienone is 1. The second kappa shape index (κ2) is 5.82. The zero-order valence-corrected chi connectivity index (χ0v) is 9.42. The van der Waals surface area contributed by atoms with Crippen molar-refractivity contribution in [2.45, 2.75) is 13.1 Å². The molecule has 0 aliphatic carbocycles. The molecule has 1 atom stereocenters. The van der Waals surface area contributed by atoms with Crippen LogP contribution in [-0.2, 0) is 9.53 Å². The molecule has 96 valence electrons. The van der Waals surface area contributed by atoms with Gasteiger partial charge in [-0.05, 0) is 6.92 Å². The Hall–Kier alpha value is -2.35. The predicted octanol–water partition coefficient (Wildman–Crippen LogP) is 1.72. The highest BCUT2D eigenvalue weighted by atomic mass is 19.4.